The molecule has 47 heavy (non-hydrogen) atoms. The maximum atomic E-state index is 12.8. The Hall–Kier alpha value is -6.16. The normalized spacial score (nSPS) is 11.0. The van der Waals surface area contributed by atoms with E-state index in [9.17, 15) is 23.2 Å². The molecule has 5 aromatic rings. The topological polar surface area (TPSA) is 212 Å². The summed E-state index contributed by atoms with van der Waals surface area (Å²) in [5.41, 5.74) is 8.63. The molecule has 0 spiro atoms. The Balaban J connectivity index is 1.02. The van der Waals surface area contributed by atoms with Gasteiger partial charge in [0.2, 0.25) is 5.88 Å². The number of nitrogen functional groups attached to an aromatic ring is 1. The molecule has 2 amide bonds. The molecular weight excluding hydrogens is 632 g/mol. The Morgan fingerprint density at radius 2 is 1.60 bits per heavy atom. The van der Waals surface area contributed by atoms with E-state index in [-0.39, 0.29) is 48.0 Å². The molecule has 15 nitrogen and oxygen atoms in total. The number of ether oxygens (including phenoxy) is 3. The molecule has 2 aromatic heterocycles. The first-order valence-electron chi connectivity index (χ1n) is 14.0. The number of hydrogen-bond acceptors (Lipinski definition) is 12. The summed E-state index contributed by atoms with van der Waals surface area (Å²) in [6, 6.07) is 24.2. The third-order valence-corrected chi connectivity index (χ3v) is 8.18. The van der Waals surface area contributed by atoms with Gasteiger partial charge < -0.3 is 35.8 Å². The summed E-state index contributed by atoms with van der Waals surface area (Å²) < 4.78 is 46.1. The van der Waals surface area contributed by atoms with Gasteiger partial charge in [-0.25, -0.2) is 18.2 Å². The van der Waals surface area contributed by atoms with Crippen molar-refractivity contribution < 1.29 is 41.7 Å². The lowest BCUT2D eigenvalue weighted by atomic mass is 10.1. The van der Waals surface area contributed by atoms with Crippen LogP contribution >= 0.6 is 0 Å². The lowest BCUT2D eigenvalue weighted by Gasteiger charge is -2.10. The molecule has 4 N–H and O–H groups in total. The number of nitrogens with two attached hydrogens (primary N) is 1. The molecule has 0 atom stereocenters. The molecular formula is C31H28N6O9S. The molecule has 0 saturated carbocycles. The summed E-state index contributed by atoms with van der Waals surface area (Å²) in [6.07, 6.45) is 0.809. The number of alkyl carbamates (subject to hydrolysis) is 1. The Morgan fingerprint density at radius 1 is 0.894 bits per heavy atom. The van der Waals surface area contributed by atoms with Crippen LogP contribution in [-0.2, 0) is 27.7 Å². The van der Waals surface area contributed by atoms with Crippen molar-refractivity contribution in [3.63, 3.8) is 0 Å². The molecule has 0 aliphatic carbocycles. The number of aromatic nitrogens is 3. The van der Waals surface area contributed by atoms with Crippen LogP contribution < -0.4 is 30.7 Å². The molecule has 2 heterocycles. The van der Waals surface area contributed by atoms with Gasteiger partial charge in [-0.15, -0.1) is 0 Å². The van der Waals surface area contributed by atoms with Crippen LogP contribution in [0.15, 0.2) is 112 Å². The van der Waals surface area contributed by atoms with Crippen LogP contribution in [0.2, 0.25) is 0 Å². The molecule has 0 radical (unpaired) electrons. The summed E-state index contributed by atoms with van der Waals surface area (Å²) in [7, 11) is -4.24. The number of anilines is 2. The average molecular weight is 661 g/mol. The largest absolute Gasteiger partial charge is 0.474 e. The summed E-state index contributed by atoms with van der Waals surface area (Å²) >= 11 is 0. The van der Waals surface area contributed by atoms with Gasteiger partial charge in [-0.3, -0.25) is 9.42 Å². The van der Waals surface area contributed by atoms with E-state index in [2.05, 4.69) is 25.4 Å². The fourth-order valence-corrected chi connectivity index (χ4v) is 5.35. The Morgan fingerprint density at radius 3 is 2.32 bits per heavy atom. The van der Waals surface area contributed by atoms with Crippen LogP contribution in [-0.4, -0.2) is 43.8 Å². The third-order valence-electron chi connectivity index (χ3n) is 6.46. The quantitative estimate of drug-likeness (QED) is 0.0943. The highest BCUT2D eigenvalue weighted by Crippen LogP contribution is 2.25. The SMILES string of the molecule is Nc1ccccc1NC(=O)c1ccc(CNC(=O)OCc2ccc(OCCOc3no[n+]([O-])c3S(=O)(=O)c3ccccc3)nc2)cc1. The molecule has 0 bridgehead atoms. The highest BCUT2D eigenvalue weighted by Gasteiger charge is 2.35. The van der Waals surface area contributed by atoms with Crippen molar-refractivity contribution in [1.29, 1.82) is 0 Å². The van der Waals surface area contributed by atoms with Crippen molar-refractivity contribution >= 4 is 33.2 Å². The number of benzene rings is 3. The average Bonchev–Trinajstić information content (AvgIpc) is 3.47. The number of para-hydroxylation sites is 2. The third kappa shape index (κ3) is 8.31. The number of nitrogens with one attached hydrogen (secondary N) is 2. The van der Waals surface area contributed by atoms with Gasteiger partial charge >= 0.3 is 17.0 Å². The molecule has 3 aromatic carbocycles. The van der Waals surface area contributed by atoms with Crippen LogP contribution in [0.5, 0.6) is 11.8 Å². The fourth-order valence-electron chi connectivity index (χ4n) is 4.06. The molecule has 0 aliphatic heterocycles. The Kier molecular flexibility index (Phi) is 10.1. The first kappa shape index (κ1) is 32.2. The molecule has 5 rings (SSSR count). The van der Waals surface area contributed by atoms with Crippen LogP contribution in [0.1, 0.15) is 21.5 Å². The maximum absolute atomic E-state index is 12.8. The fraction of sp³-hybridized carbons (Fsp3) is 0.129. The molecule has 0 saturated heterocycles. The smallest absolute Gasteiger partial charge is 0.415 e. The van der Waals surface area contributed by atoms with Gasteiger partial charge in [0.15, 0.2) is 0 Å². The predicted octanol–water partition coefficient (Wildman–Crippen LogP) is 3.25. The van der Waals surface area contributed by atoms with Crippen LogP contribution in [0, 0.1) is 5.21 Å². The number of sulfone groups is 1. The van der Waals surface area contributed by atoms with Gasteiger partial charge in [-0.2, -0.15) is 0 Å². The monoisotopic (exact) mass is 660 g/mol. The number of rotatable bonds is 13. The molecule has 0 unspecified atom stereocenters. The zero-order valence-electron chi connectivity index (χ0n) is 24.6. The minimum Gasteiger partial charge on any atom is -0.474 e. The van der Waals surface area contributed by atoms with Gasteiger partial charge in [0.1, 0.15) is 19.8 Å². The van der Waals surface area contributed by atoms with E-state index in [1.54, 1.807) is 66.7 Å². The van der Waals surface area contributed by atoms with Crippen LogP contribution in [0.3, 0.4) is 0 Å². The molecule has 0 fully saturated rings. The van der Waals surface area contributed by atoms with Crippen molar-refractivity contribution in [3.8, 4) is 11.8 Å². The first-order chi connectivity index (χ1) is 22.7. The minimum atomic E-state index is -4.24. The minimum absolute atomic E-state index is 0.0516. The van der Waals surface area contributed by atoms with Gasteiger partial charge in [0.05, 0.1) is 21.4 Å². The lowest BCUT2D eigenvalue weighted by molar-refractivity contribution is -0.832. The molecule has 0 aliphatic rings. The summed E-state index contributed by atoms with van der Waals surface area (Å²) in [4.78, 5) is 28.4. The highest BCUT2D eigenvalue weighted by molar-refractivity contribution is 7.91. The second-order valence-corrected chi connectivity index (χ2v) is 11.6. The van der Waals surface area contributed by atoms with Crippen molar-refractivity contribution in [2.45, 2.75) is 23.1 Å². The van der Waals surface area contributed by atoms with Gasteiger partial charge in [0, 0.05) is 29.9 Å². The summed E-state index contributed by atoms with van der Waals surface area (Å²) in [6.45, 7) is -0.101. The standard InChI is InChI=1S/C31H28N6O9S/c32-25-8-4-5-9-26(25)35-28(38)23-13-10-21(11-14-23)18-34-31(39)45-20-22-12-15-27(33-19-22)43-16-17-44-29-30(37(40)46-36-29)47(41,42)24-6-2-1-3-7-24/h1-15,19H,16-18,20,32H2,(H,34,39)(H,35,38). The van der Waals surface area contributed by atoms with Crippen molar-refractivity contribution in [2.24, 2.45) is 0 Å². The summed E-state index contributed by atoms with van der Waals surface area (Å²) in [5.74, 6) is -0.585. The predicted molar refractivity (Wildman–Crippen MR) is 165 cm³/mol. The van der Waals surface area contributed by atoms with Gasteiger partial charge in [-0.05, 0) is 52.9 Å². The van der Waals surface area contributed by atoms with Crippen LogP contribution in [0.4, 0.5) is 16.2 Å². The maximum Gasteiger partial charge on any atom is 0.415 e. The van der Waals surface area contributed by atoms with Crippen molar-refractivity contribution in [3.05, 3.63) is 119 Å². The second-order valence-electron chi connectivity index (χ2n) is 9.73. The number of amides is 2. The number of hydrogen-bond donors (Lipinski definition) is 3. The molecule has 242 valence electrons. The highest BCUT2D eigenvalue weighted by atomic mass is 32.2. The van der Waals surface area contributed by atoms with E-state index >= 15 is 0 Å². The zero-order chi connectivity index (χ0) is 33.2. The second kappa shape index (κ2) is 14.7. The van der Waals surface area contributed by atoms with E-state index in [4.69, 9.17) is 19.9 Å². The molecule has 16 heteroatoms. The van der Waals surface area contributed by atoms with E-state index in [1.165, 1.54) is 30.5 Å². The van der Waals surface area contributed by atoms with Crippen molar-refractivity contribution in [1.82, 2.24) is 15.5 Å². The van der Waals surface area contributed by atoms with Crippen molar-refractivity contribution in [2.75, 3.05) is 24.3 Å². The Labute approximate surface area is 268 Å². The lowest BCUT2D eigenvalue weighted by Crippen LogP contribution is -2.31. The summed E-state index contributed by atoms with van der Waals surface area (Å²) in [5, 5.41) is 20.0. The van der Waals surface area contributed by atoms with Gasteiger partial charge in [-0.1, -0.05) is 42.5 Å². The zero-order valence-corrected chi connectivity index (χ0v) is 25.4. The number of carbonyl (C=O) groups excluding carboxylic acids is 2. The number of carbonyl (C=O) groups is 2. The van der Waals surface area contributed by atoms with Gasteiger partial charge in [0.25, 0.3) is 15.7 Å². The number of nitrogens with zero attached hydrogens (tertiary/aromatic N) is 3. The number of pyridine rings is 1. The van der Waals surface area contributed by atoms with E-state index in [0.29, 0.717) is 22.5 Å². The first-order valence-corrected chi connectivity index (χ1v) is 15.4. The van der Waals surface area contributed by atoms with E-state index < -0.39 is 26.8 Å². The Bertz CT molecular complexity index is 1930. The van der Waals surface area contributed by atoms with E-state index in [1.807, 2.05) is 0 Å². The van der Waals surface area contributed by atoms with E-state index in [0.717, 1.165) is 5.56 Å². The van der Waals surface area contributed by atoms with Crippen LogP contribution in [0.25, 0.3) is 0 Å².